The second-order valence-corrected chi connectivity index (χ2v) is 2.53. The highest BCUT2D eigenvalue weighted by Crippen LogP contribution is 2.25. The molecular formula is C3H5O11P. The average molecular weight is 248 g/mol. The van der Waals surface area contributed by atoms with E-state index in [1.54, 1.807) is 0 Å². The first kappa shape index (κ1) is 15.8. The van der Waals surface area contributed by atoms with Crippen LogP contribution in [0.3, 0.4) is 0 Å². The zero-order chi connectivity index (χ0) is 12.6. The van der Waals surface area contributed by atoms with Gasteiger partial charge in [0, 0.05) is 0 Å². The summed E-state index contributed by atoms with van der Waals surface area (Å²) in [5, 5.41) is 15.4. The van der Waals surface area contributed by atoms with Crippen LogP contribution in [0.15, 0.2) is 0 Å². The van der Waals surface area contributed by atoms with E-state index in [1.807, 2.05) is 0 Å². The molecule has 0 saturated carbocycles. The number of rotatable bonds is 0. The van der Waals surface area contributed by atoms with Gasteiger partial charge in [0.1, 0.15) is 0 Å². The predicted octanol–water partition coefficient (Wildman–Crippen LogP) is -0.433. The van der Waals surface area contributed by atoms with E-state index in [2.05, 4.69) is 9.47 Å². The lowest BCUT2D eigenvalue weighted by atomic mass is 11.2. The molecule has 88 valence electrons. The van der Waals surface area contributed by atoms with Crippen LogP contribution in [-0.2, 0) is 14.0 Å². The highest BCUT2D eigenvalue weighted by molar-refractivity contribution is 7.45. The van der Waals surface area contributed by atoms with Crippen molar-refractivity contribution in [2.45, 2.75) is 0 Å². The number of carbonyl (C=O) groups excluding carboxylic acids is 1. The van der Waals surface area contributed by atoms with Crippen LogP contribution in [0.2, 0.25) is 0 Å². The number of carboxylic acid groups (broad SMARTS) is 2. The molecule has 0 radical (unpaired) electrons. The van der Waals surface area contributed by atoms with Gasteiger partial charge in [0.25, 0.3) is 0 Å². The number of ether oxygens (including phenoxy) is 2. The summed E-state index contributed by atoms with van der Waals surface area (Å²) in [5.41, 5.74) is 0. The monoisotopic (exact) mass is 248 g/mol. The topological polar surface area (TPSA) is 188 Å². The zero-order valence-corrected chi connectivity index (χ0v) is 7.53. The van der Waals surface area contributed by atoms with Gasteiger partial charge in [0.05, 0.1) is 0 Å². The SMILES string of the molecule is O=C(O)OC(=O)OC(=O)O.O=P(O)(O)O. The fourth-order valence-corrected chi connectivity index (χ4v) is 0.163. The third-order valence-corrected chi connectivity index (χ3v) is 0.341. The van der Waals surface area contributed by atoms with Crippen LogP contribution in [0, 0.1) is 0 Å². The van der Waals surface area contributed by atoms with Crippen molar-refractivity contribution >= 4 is 26.3 Å². The Kier molecular flexibility index (Phi) is 7.08. The Balaban J connectivity index is 0. The van der Waals surface area contributed by atoms with E-state index in [0.717, 1.165) is 0 Å². The molecule has 0 amide bonds. The molecule has 0 aromatic rings. The normalized spacial score (nSPS) is 9.27. The molecule has 0 saturated heterocycles. The Labute approximate surface area is 80.7 Å². The third-order valence-electron chi connectivity index (χ3n) is 0.341. The standard InChI is InChI=1S/C3H2O7.H3O4P/c4-1(5)9-3(8)10-2(6)7;1-5(2,3)4/h(H,4,5)(H,6,7);(H3,1,2,3,4). The van der Waals surface area contributed by atoms with Gasteiger partial charge in [0.15, 0.2) is 0 Å². The zero-order valence-electron chi connectivity index (χ0n) is 6.63. The lowest BCUT2D eigenvalue weighted by molar-refractivity contribution is 0.0548. The van der Waals surface area contributed by atoms with Gasteiger partial charge in [-0.1, -0.05) is 0 Å². The van der Waals surface area contributed by atoms with Gasteiger partial charge in [-0.2, -0.15) is 0 Å². The van der Waals surface area contributed by atoms with E-state index in [1.165, 1.54) is 0 Å². The molecule has 0 aliphatic heterocycles. The lowest BCUT2D eigenvalue weighted by Crippen LogP contribution is -2.14. The Morgan fingerprint density at radius 1 is 0.867 bits per heavy atom. The van der Waals surface area contributed by atoms with Gasteiger partial charge in [-0.15, -0.1) is 0 Å². The Hall–Kier alpha value is -1.68. The molecule has 0 aromatic heterocycles. The Morgan fingerprint density at radius 2 is 1.07 bits per heavy atom. The number of hydrogen-bond donors (Lipinski definition) is 5. The van der Waals surface area contributed by atoms with Crippen LogP contribution in [0.4, 0.5) is 14.4 Å². The van der Waals surface area contributed by atoms with Gasteiger partial charge in [-0.05, 0) is 0 Å². The summed E-state index contributed by atoms with van der Waals surface area (Å²) in [5.74, 6) is 0. The second kappa shape index (κ2) is 6.73. The largest absolute Gasteiger partial charge is 0.528 e. The maximum absolute atomic E-state index is 9.86. The number of hydrogen-bond acceptors (Lipinski definition) is 6. The Morgan fingerprint density at radius 3 is 1.20 bits per heavy atom. The van der Waals surface area contributed by atoms with Crippen molar-refractivity contribution in [3.8, 4) is 0 Å². The summed E-state index contributed by atoms with van der Waals surface area (Å²) in [7, 11) is -4.64. The minimum atomic E-state index is -4.64. The maximum Gasteiger partial charge on any atom is 0.528 e. The van der Waals surface area contributed by atoms with E-state index >= 15 is 0 Å². The quantitative estimate of drug-likeness (QED) is 0.212. The highest BCUT2D eigenvalue weighted by atomic mass is 31.2. The molecule has 12 heteroatoms. The first-order chi connectivity index (χ1) is 6.52. The van der Waals surface area contributed by atoms with Crippen molar-refractivity contribution in [2.75, 3.05) is 0 Å². The molecule has 0 fully saturated rings. The minimum absolute atomic E-state index is 1.79. The summed E-state index contributed by atoms with van der Waals surface area (Å²) < 4.78 is 15.4. The molecule has 0 aliphatic carbocycles. The summed E-state index contributed by atoms with van der Waals surface area (Å²) in [6.07, 6.45) is -5.64. The smallest absolute Gasteiger partial charge is 0.449 e. The average Bonchev–Trinajstić information content (AvgIpc) is 1.76. The second-order valence-electron chi connectivity index (χ2n) is 1.50. The molecule has 0 aliphatic rings. The van der Waals surface area contributed by atoms with Gasteiger partial charge < -0.3 is 34.4 Å². The summed E-state index contributed by atoms with van der Waals surface area (Å²) in [6, 6.07) is 0. The molecule has 11 nitrogen and oxygen atoms in total. The van der Waals surface area contributed by atoms with E-state index in [-0.39, 0.29) is 0 Å². The molecule has 0 bridgehead atoms. The van der Waals surface area contributed by atoms with E-state index in [0.29, 0.717) is 0 Å². The maximum atomic E-state index is 9.86. The first-order valence-corrected chi connectivity index (χ1v) is 4.22. The number of carbonyl (C=O) groups is 3. The molecule has 0 unspecified atom stereocenters. The molecule has 0 atom stereocenters. The van der Waals surface area contributed by atoms with Crippen LogP contribution in [-0.4, -0.2) is 43.4 Å². The van der Waals surface area contributed by atoms with Crippen LogP contribution in [0.5, 0.6) is 0 Å². The third kappa shape index (κ3) is 32.9. The van der Waals surface area contributed by atoms with E-state index in [9.17, 15) is 14.4 Å². The van der Waals surface area contributed by atoms with Gasteiger partial charge in [0.2, 0.25) is 0 Å². The molecule has 5 N–H and O–H groups in total. The number of phosphoric acid groups is 1. The predicted molar refractivity (Wildman–Crippen MR) is 37.9 cm³/mol. The summed E-state index contributed by atoms with van der Waals surface area (Å²) in [4.78, 5) is 50.4. The van der Waals surface area contributed by atoms with E-state index < -0.39 is 26.3 Å². The van der Waals surface area contributed by atoms with Crippen LogP contribution >= 0.6 is 7.82 Å². The van der Waals surface area contributed by atoms with Crippen molar-refractivity contribution in [1.82, 2.24) is 0 Å². The first-order valence-electron chi connectivity index (χ1n) is 2.66. The van der Waals surface area contributed by atoms with E-state index in [4.69, 9.17) is 29.5 Å². The van der Waals surface area contributed by atoms with Crippen LogP contribution < -0.4 is 0 Å². The molecule has 15 heavy (non-hydrogen) atoms. The van der Waals surface area contributed by atoms with Crippen molar-refractivity contribution < 1.29 is 53.3 Å². The van der Waals surface area contributed by atoms with Gasteiger partial charge >= 0.3 is 26.3 Å². The summed E-state index contributed by atoms with van der Waals surface area (Å²) in [6.45, 7) is 0. The fraction of sp³-hybridized carbons (Fsp3) is 0. The van der Waals surface area contributed by atoms with Crippen molar-refractivity contribution in [2.24, 2.45) is 0 Å². The van der Waals surface area contributed by atoms with Crippen LogP contribution in [0.1, 0.15) is 0 Å². The highest BCUT2D eigenvalue weighted by Gasteiger charge is 2.13. The molecule has 0 heterocycles. The summed E-state index contributed by atoms with van der Waals surface area (Å²) >= 11 is 0. The molecule has 0 spiro atoms. The van der Waals surface area contributed by atoms with Crippen molar-refractivity contribution in [1.29, 1.82) is 0 Å². The van der Waals surface area contributed by atoms with Crippen molar-refractivity contribution in [3.63, 3.8) is 0 Å². The minimum Gasteiger partial charge on any atom is -0.449 e. The van der Waals surface area contributed by atoms with Gasteiger partial charge in [-0.25, -0.2) is 18.9 Å². The fourth-order valence-electron chi connectivity index (χ4n) is 0.163. The molecule has 0 rings (SSSR count). The van der Waals surface area contributed by atoms with Crippen molar-refractivity contribution in [3.05, 3.63) is 0 Å². The van der Waals surface area contributed by atoms with Crippen LogP contribution in [0.25, 0.3) is 0 Å². The van der Waals surface area contributed by atoms with Gasteiger partial charge in [-0.3, -0.25) is 0 Å². The molecule has 0 aromatic carbocycles. The Bertz CT molecular complexity index is 260. The molecular weight excluding hydrogens is 243 g/mol. The lowest BCUT2D eigenvalue weighted by Gasteiger charge is -1.93.